The number of anilines is 1. The van der Waals surface area contributed by atoms with Gasteiger partial charge >= 0.3 is 6.09 Å². The Hall–Kier alpha value is -5.32. The van der Waals surface area contributed by atoms with Crippen molar-refractivity contribution in [2.24, 2.45) is 0 Å². The number of hydrogen-bond donors (Lipinski definition) is 4. The molecule has 4 N–H and O–H groups in total. The van der Waals surface area contributed by atoms with E-state index in [1.807, 2.05) is 0 Å². The molecular weight excluding hydrogens is 565 g/mol. The smallest absolute Gasteiger partial charge is 0.404 e. The SMILES string of the molecule is COCOc1cc(F)ccc1-c1cc(-c2cccc(C(=O)NCCNC(=O)O)c2)c(C#N)c(NC(=O)c2cccs2)n1. The average Bonchev–Trinajstić information content (AvgIpc) is 3.53. The van der Waals surface area contributed by atoms with E-state index < -0.39 is 23.7 Å². The molecule has 0 bridgehead atoms. The molecule has 0 aliphatic rings. The van der Waals surface area contributed by atoms with E-state index in [2.05, 4.69) is 27.0 Å². The summed E-state index contributed by atoms with van der Waals surface area (Å²) in [5.74, 6) is -1.41. The Morgan fingerprint density at radius 3 is 2.55 bits per heavy atom. The molecule has 0 aliphatic heterocycles. The van der Waals surface area contributed by atoms with E-state index >= 15 is 0 Å². The number of thiophene rings is 1. The molecule has 2 aromatic heterocycles. The number of carboxylic acid groups (broad SMARTS) is 1. The summed E-state index contributed by atoms with van der Waals surface area (Å²) >= 11 is 1.21. The van der Waals surface area contributed by atoms with Crippen molar-refractivity contribution in [1.29, 1.82) is 5.26 Å². The zero-order valence-corrected chi connectivity index (χ0v) is 23.0. The molecule has 4 rings (SSSR count). The molecule has 0 saturated carbocycles. The Morgan fingerprint density at radius 2 is 1.83 bits per heavy atom. The lowest BCUT2D eigenvalue weighted by Gasteiger charge is -2.16. The van der Waals surface area contributed by atoms with E-state index in [9.17, 15) is 24.0 Å². The van der Waals surface area contributed by atoms with Crippen molar-refractivity contribution in [2.45, 2.75) is 0 Å². The Morgan fingerprint density at radius 1 is 1.02 bits per heavy atom. The molecule has 0 aliphatic carbocycles. The minimum Gasteiger partial charge on any atom is -0.467 e. The number of aromatic nitrogens is 1. The van der Waals surface area contributed by atoms with Crippen molar-refractivity contribution in [1.82, 2.24) is 15.6 Å². The first-order valence-corrected chi connectivity index (χ1v) is 13.3. The lowest BCUT2D eigenvalue weighted by atomic mass is 9.96. The van der Waals surface area contributed by atoms with Crippen LogP contribution < -0.4 is 20.7 Å². The van der Waals surface area contributed by atoms with Gasteiger partial charge in [0.05, 0.1) is 10.6 Å². The Kier molecular flexibility index (Phi) is 9.77. The van der Waals surface area contributed by atoms with Gasteiger partial charge in [0.1, 0.15) is 23.2 Å². The van der Waals surface area contributed by atoms with Crippen LogP contribution in [0.25, 0.3) is 22.4 Å². The van der Waals surface area contributed by atoms with E-state index in [0.29, 0.717) is 21.6 Å². The molecule has 0 spiro atoms. The molecule has 0 atom stereocenters. The number of ether oxygens (including phenoxy) is 2. The van der Waals surface area contributed by atoms with E-state index in [4.69, 9.17) is 14.6 Å². The van der Waals surface area contributed by atoms with Crippen molar-refractivity contribution in [3.05, 3.63) is 87.9 Å². The van der Waals surface area contributed by atoms with Crippen LogP contribution in [-0.4, -0.2) is 55.0 Å². The number of pyridine rings is 1. The quantitative estimate of drug-likeness (QED) is 0.144. The number of carbonyl (C=O) groups excluding carboxylic acids is 2. The summed E-state index contributed by atoms with van der Waals surface area (Å²) in [6.45, 7) is -0.0852. The van der Waals surface area contributed by atoms with E-state index in [0.717, 1.165) is 0 Å². The van der Waals surface area contributed by atoms with Crippen LogP contribution in [0.1, 0.15) is 25.6 Å². The number of nitriles is 1. The largest absolute Gasteiger partial charge is 0.467 e. The van der Waals surface area contributed by atoms with Crippen LogP contribution in [0.2, 0.25) is 0 Å². The fourth-order valence-corrected chi connectivity index (χ4v) is 4.54. The summed E-state index contributed by atoms with van der Waals surface area (Å²) < 4.78 is 24.7. The normalized spacial score (nSPS) is 10.4. The number of amides is 3. The molecule has 13 heteroatoms. The molecule has 0 fully saturated rings. The van der Waals surface area contributed by atoms with Gasteiger partial charge in [0.2, 0.25) is 0 Å². The molecule has 0 radical (unpaired) electrons. The molecule has 3 amide bonds. The number of rotatable bonds is 11. The standard InChI is InChI=1S/C29H24FN5O6S/c1-40-16-41-24-13-19(30)7-8-20(24)23-14-21(22(15-31)26(34-23)35-28(37)25-6-3-11-42-25)17-4-2-5-18(12-17)27(36)32-9-10-33-29(38)39/h2-8,11-14,33H,9-10,16H2,1H3,(H,32,36)(H,38,39)(H,34,35,37). The average molecular weight is 590 g/mol. The minimum atomic E-state index is -1.21. The van der Waals surface area contributed by atoms with E-state index in [1.54, 1.807) is 47.8 Å². The highest BCUT2D eigenvalue weighted by atomic mass is 32.1. The minimum absolute atomic E-state index is 0.0193. The fourth-order valence-electron chi connectivity index (χ4n) is 3.92. The third-order valence-electron chi connectivity index (χ3n) is 5.78. The molecule has 0 saturated heterocycles. The van der Waals surface area contributed by atoms with Crippen LogP contribution in [-0.2, 0) is 4.74 Å². The number of hydrogen-bond acceptors (Lipinski definition) is 8. The van der Waals surface area contributed by atoms with Crippen LogP contribution in [0.5, 0.6) is 5.75 Å². The van der Waals surface area contributed by atoms with Gasteiger partial charge in [-0.1, -0.05) is 18.2 Å². The van der Waals surface area contributed by atoms with Crippen LogP contribution in [0, 0.1) is 17.1 Å². The maximum Gasteiger partial charge on any atom is 0.404 e. The van der Waals surface area contributed by atoms with Gasteiger partial charge in [0, 0.05) is 43.0 Å². The first kappa shape index (κ1) is 29.7. The molecule has 0 unspecified atom stereocenters. The molecule has 11 nitrogen and oxygen atoms in total. The lowest BCUT2D eigenvalue weighted by molar-refractivity contribution is 0.0513. The van der Waals surface area contributed by atoms with Gasteiger partial charge in [0.15, 0.2) is 12.6 Å². The number of benzene rings is 2. The highest BCUT2D eigenvalue weighted by molar-refractivity contribution is 7.12. The Bertz CT molecular complexity index is 1650. The molecule has 214 valence electrons. The summed E-state index contributed by atoms with van der Waals surface area (Å²) in [4.78, 5) is 41.3. The zero-order valence-electron chi connectivity index (χ0n) is 22.1. The maximum atomic E-state index is 14.1. The van der Waals surface area contributed by atoms with Crippen molar-refractivity contribution < 1.29 is 33.4 Å². The van der Waals surface area contributed by atoms with Crippen LogP contribution in [0.3, 0.4) is 0 Å². The third-order valence-corrected chi connectivity index (χ3v) is 6.65. The summed E-state index contributed by atoms with van der Waals surface area (Å²) in [7, 11) is 1.42. The first-order valence-electron chi connectivity index (χ1n) is 12.4. The van der Waals surface area contributed by atoms with E-state index in [-0.39, 0.29) is 48.3 Å². The zero-order chi connectivity index (χ0) is 30.1. The third kappa shape index (κ3) is 7.25. The number of nitrogens with zero attached hydrogens (tertiary/aromatic N) is 2. The van der Waals surface area contributed by atoms with Crippen molar-refractivity contribution in [2.75, 3.05) is 32.3 Å². The van der Waals surface area contributed by atoms with Gasteiger partial charge in [0.25, 0.3) is 11.8 Å². The predicted octanol–water partition coefficient (Wildman–Crippen LogP) is 4.72. The fraction of sp³-hybridized carbons (Fsp3) is 0.138. The Labute approximate surface area is 243 Å². The van der Waals surface area contributed by atoms with Gasteiger partial charge in [-0.05, 0) is 47.3 Å². The van der Waals surface area contributed by atoms with Crippen molar-refractivity contribution in [3.8, 4) is 34.2 Å². The molecular formula is C29H24FN5O6S. The predicted molar refractivity (Wildman–Crippen MR) is 153 cm³/mol. The summed E-state index contributed by atoms with van der Waals surface area (Å²) in [5.41, 5.74) is 1.71. The number of methoxy groups -OCH3 is 1. The first-order chi connectivity index (χ1) is 20.3. The van der Waals surface area contributed by atoms with Gasteiger partial charge in [-0.15, -0.1) is 11.3 Å². The summed E-state index contributed by atoms with van der Waals surface area (Å²) in [6.07, 6.45) is -1.21. The summed E-state index contributed by atoms with van der Waals surface area (Å²) in [5, 5.41) is 28.1. The Balaban J connectivity index is 1.81. The topological polar surface area (TPSA) is 163 Å². The van der Waals surface area contributed by atoms with Gasteiger partial charge < -0.3 is 30.5 Å². The van der Waals surface area contributed by atoms with Crippen LogP contribution in [0.15, 0.2) is 66.0 Å². The highest BCUT2D eigenvalue weighted by Gasteiger charge is 2.21. The van der Waals surface area contributed by atoms with Crippen molar-refractivity contribution >= 4 is 35.1 Å². The van der Waals surface area contributed by atoms with Gasteiger partial charge in [-0.2, -0.15) is 5.26 Å². The highest BCUT2D eigenvalue weighted by Crippen LogP contribution is 2.37. The van der Waals surface area contributed by atoms with Crippen LogP contribution >= 0.6 is 11.3 Å². The lowest BCUT2D eigenvalue weighted by Crippen LogP contribution is -2.33. The monoisotopic (exact) mass is 589 g/mol. The van der Waals surface area contributed by atoms with E-state index in [1.165, 1.54) is 36.6 Å². The maximum absolute atomic E-state index is 14.1. The van der Waals surface area contributed by atoms with Crippen molar-refractivity contribution in [3.63, 3.8) is 0 Å². The second-order valence-electron chi connectivity index (χ2n) is 8.58. The van der Waals surface area contributed by atoms with Gasteiger partial charge in [-0.3, -0.25) is 9.59 Å². The van der Waals surface area contributed by atoms with Crippen LogP contribution in [0.4, 0.5) is 15.0 Å². The molecule has 4 aromatic rings. The molecule has 2 aromatic carbocycles. The molecule has 42 heavy (non-hydrogen) atoms. The second-order valence-corrected chi connectivity index (χ2v) is 9.53. The number of nitrogens with one attached hydrogen (secondary N) is 3. The van der Waals surface area contributed by atoms with Gasteiger partial charge in [-0.25, -0.2) is 14.2 Å². The second kappa shape index (κ2) is 13.8. The number of halogens is 1. The number of carbonyl (C=O) groups is 3. The summed E-state index contributed by atoms with van der Waals surface area (Å²) in [6, 6.07) is 17.3. The molecule has 2 heterocycles.